The maximum absolute atomic E-state index is 13.7. The number of fused-ring (bicyclic) bond motifs is 1. The van der Waals surface area contributed by atoms with Crippen LogP contribution in [0.5, 0.6) is 5.75 Å². The van der Waals surface area contributed by atoms with Gasteiger partial charge in [-0.15, -0.1) is 13.2 Å². The molecule has 0 spiro atoms. The highest BCUT2D eigenvalue weighted by Crippen LogP contribution is 2.48. The number of hydroxylamine groups is 1. The molecule has 2 amide bonds. The molecule has 180 valence electrons. The number of para-hydroxylation sites is 1. The third-order valence-corrected chi connectivity index (χ3v) is 6.47. The zero-order valence-corrected chi connectivity index (χ0v) is 19.0. The average molecular weight is 503 g/mol. The Kier molecular flexibility index (Phi) is 5.69. The van der Waals surface area contributed by atoms with E-state index in [4.69, 9.17) is 16.4 Å². The smallest absolute Gasteiger partial charge is 0.406 e. The normalized spacial score (nSPS) is 22.0. The highest BCUT2D eigenvalue weighted by atomic mass is 35.5. The van der Waals surface area contributed by atoms with Crippen molar-refractivity contribution in [2.24, 2.45) is 5.92 Å². The predicted octanol–water partition coefficient (Wildman–Crippen LogP) is 5.60. The highest BCUT2D eigenvalue weighted by Gasteiger charge is 2.60. The molecule has 3 atom stereocenters. The first-order valence-corrected chi connectivity index (χ1v) is 11.0. The topological polar surface area (TPSA) is 59.1 Å². The molecule has 0 radical (unpaired) electrons. The maximum atomic E-state index is 13.7. The summed E-state index contributed by atoms with van der Waals surface area (Å²) in [5.41, 5.74) is 2.01. The molecule has 10 heteroatoms. The summed E-state index contributed by atoms with van der Waals surface area (Å²) in [7, 11) is 0. The Morgan fingerprint density at radius 3 is 2.26 bits per heavy atom. The first-order chi connectivity index (χ1) is 16.7. The molecule has 0 saturated carbocycles. The number of ether oxygens (including phenoxy) is 1. The number of alkyl halides is 3. The molecule has 35 heavy (non-hydrogen) atoms. The average Bonchev–Trinajstić information content (AvgIpc) is 3.32. The van der Waals surface area contributed by atoms with Crippen LogP contribution in [0.25, 0.3) is 0 Å². The van der Waals surface area contributed by atoms with Crippen LogP contribution in [-0.2, 0) is 14.4 Å². The van der Waals surface area contributed by atoms with Gasteiger partial charge in [0.1, 0.15) is 11.7 Å². The molecule has 0 bridgehead atoms. The van der Waals surface area contributed by atoms with Crippen LogP contribution >= 0.6 is 11.6 Å². The first kappa shape index (κ1) is 23.2. The minimum atomic E-state index is -4.83. The van der Waals surface area contributed by atoms with E-state index >= 15 is 0 Å². The Hall–Kier alpha value is -3.56. The van der Waals surface area contributed by atoms with Crippen molar-refractivity contribution < 1.29 is 32.3 Å². The zero-order chi connectivity index (χ0) is 24.9. The minimum absolute atomic E-state index is 0.365. The van der Waals surface area contributed by atoms with E-state index in [1.807, 2.05) is 0 Å². The number of nitrogens with zero attached hydrogens (tertiary/aromatic N) is 2. The first-order valence-electron chi connectivity index (χ1n) is 10.7. The Labute approximate surface area is 203 Å². The van der Waals surface area contributed by atoms with E-state index in [0.29, 0.717) is 27.5 Å². The molecule has 2 fully saturated rings. The van der Waals surface area contributed by atoms with Crippen molar-refractivity contribution in [1.82, 2.24) is 0 Å². The third kappa shape index (κ3) is 4.11. The van der Waals surface area contributed by atoms with Gasteiger partial charge in [0.05, 0.1) is 17.4 Å². The van der Waals surface area contributed by atoms with Crippen molar-refractivity contribution in [3.63, 3.8) is 0 Å². The molecule has 0 unspecified atom stereocenters. The summed E-state index contributed by atoms with van der Waals surface area (Å²) >= 11 is 6.22. The van der Waals surface area contributed by atoms with E-state index in [0.717, 1.165) is 4.90 Å². The van der Waals surface area contributed by atoms with E-state index in [9.17, 15) is 22.8 Å². The molecule has 2 saturated heterocycles. The molecule has 2 heterocycles. The van der Waals surface area contributed by atoms with Crippen molar-refractivity contribution in [2.75, 3.05) is 9.96 Å². The number of benzene rings is 3. The third-order valence-electron chi connectivity index (χ3n) is 6.06. The van der Waals surface area contributed by atoms with Crippen molar-refractivity contribution in [2.45, 2.75) is 25.4 Å². The number of anilines is 2. The molecule has 0 aromatic heterocycles. The van der Waals surface area contributed by atoms with Crippen LogP contribution in [0.4, 0.5) is 24.5 Å². The zero-order valence-electron chi connectivity index (χ0n) is 18.2. The van der Waals surface area contributed by atoms with Crippen LogP contribution < -0.4 is 14.7 Å². The fourth-order valence-corrected chi connectivity index (χ4v) is 4.66. The summed E-state index contributed by atoms with van der Waals surface area (Å²) in [6.45, 7) is 1.71. The van der Waals surface area contributed by atoms with Gasteiger partial charge in [-0.05, 0) is 54.4 Å². The van der Waals surface area contributed by atoms with Gasteiger partial charge in [0.25, 0.3) is 5.91 Å². The van der Waals surface area contributed by atoms with Crippen molar-refractivity contribution in [3.05, 3.63) is 88.9 Å². The molecule has 0 aliphatic carbocycles. The van der Waals surface area contributed by atoms with Crippen molar-refractivity contribution in [1.29, 1.82) is 0 Å². The van der Waals surface area contributed by atoms with Gasteiger partial charge in [-0.2, -0.15) is 0 Å². The molecule has 3 aromatic carbocycles. The van der Waals surface area contributed by atoms with Gasteiger partial charge in [-0.25, -0.2) is 9.96 Å². The fourth-order valence-electron chi connectivity index (χ4n) is 4.49. The Bertz CT molecular complexity index is 1280. The van der Waals surface area contributed by atoms with E-state index in [-0.39, 0.29) is 0 Å². The van der Waals surface area contributed by atoms with Crippen LogP contribution in [0.3, 0.4) is 0 Å². The second-order valence-corrected chi connectivity index (χ2v) is 8.58. The van der Waals surface area contributed by atoms with Gasteiger partial charge in [-0.3, -0.25) is 14.4 Å². The van der Waals surface area contributed by atoms with Gasteiger partial charge >= 0.3 is 6.36 Å². The maximum Gasteiger partial charge on any atom is 0.573 e. The molecular formula is C25H18ClF3N2O4. The summed E-state index contributed by atoms with van der Waals surface area (Å²) in [5, 5.41) is 1.87. The molecule has 2 aliphatic rings. The van der Waals surface area contributed by atoms with Crippen LogP contribution in [0.15, 0.2) is 72.8 Å². The Balaban J connectivity index is 1.55. The van der Waals surface area contributed by atoms with E-state index in [2.05, 4.69) is 4.74 Å². The van der Waals surface area contributed by atoms with Gasteiger partial charge in [0.2, 0.25) is 5.91 Å². The van der Waals surface area contributed by atoms with Crippen LogP contribution in [0.2, 0.25) is 5.02 Å². The van der Waals surface area contributed by atoms with E-state index in [1.165, 1.54) is 29.3 Å². The second kappa shape index (κ2) is 8.58. The lowest BCUT2D eigenvalue weighted by atomic mass is 9.90. The Morgan fingerprint density at radius 1 is 0.914 bits per heavy atom. The largest absolute Gasteiger partial charge is 0.573 e. The molecule has 2 aliphatic heterocycles. The van der Waals surface area contributed by atoms with Gasteiger partial charge in [0.15, 0.2) is 6.10 Å². The van der Waals surface area contributed by atoms with Crippen molar-refractivity contribution >= 4 is 34.8 Å². The Morgan fingerprint density at radius 2 is 1.60 bits per heavy atom. The fraction of sp³-hybridized carbons (Fsp3) is 0.200. The molecule has 0 N–H and O–H groups in total. The number of hydrogen-bond acceptors (Lipinski definition) is 5. The van der Waals surface area contributed by atoms with Gasteiger partial charge < -0.3 is 4.74 Å². The number of amides is 2. The number of halogens is 4. The SMILES string of the molecule is Cc1c(Cl)cccc1N1C(=O)[C@@H]2[C@@H](c3ccc(OC(F)(F)F)cc3)N(c3ccccc3)O[C@H]2C1=O. The standard InChI is InChI=1S/C25H18ClF3N2O4/c1-14-18(26)8-5-9-19(14)30-23(32)20-21(15-10-12-17(13-11-15)34-25(27,28)29)31(35-22(20)24(30)33)16-6-3-2-4-7-16/h2-13,20-22H,1H3/t20-,21-,22-/m1/s1. The number of carbonyl (C=O) groups excluding carboxylic acids is 2. The quantitative estimate of drug-likeness (QED) is 0.435. The summed E-state index contributed by atoms with van der Waals surface area (Å²) in [6, 6.07) is 18.2. The molecular weight excluding hydrogens is 485 g/mol. The summed E-state index contributed by atoms with van der Waals surface area (Å²) in [5.74, 6) is -2.35. The number of hydrogen-bond donors (Lipinski definition) is 0. The number of rotatable bonds is 4. The molecule has 6 nitrogen and oxygen atoms in total. The predicted molar refractivity (Wildman–Crippen MR) is 122 cm³/mol. The van der Waals surface area contributed by atoms with E-state index < -0.39 is 42.0 Å². The van der Waals surface area contributed by atoms with Crippen LogP contribution in [0, 0.1) is 12.8 Å². The van der Waals surface area contributed by atoms with Crippen molar-refractivity contribution in [3.8, 4) is 5.75 Å². The highest BCUT2D eigenvalue weighted by molar-refractivity contribution is 6.32. The van der Waals surface area contributed by atoms with Crippen LogP contribution in [-0.4, -0.2) is 24.3 Å². The lowest BCUT2D eigenvalue weighted by Gasteiger charge is -2.29. The molecule has 5 rings (SSSR count). The number of imide groups is 1. The second-order valence-electron chi connectivity index (χ2n) is 8.17. The lowest BCUT2D eigenvalue weighted by Crippen LogP contribution is -2.37. The van der Waals surface area contributed by atoms with Gasteiger partial charge in [0, 0.05) is 5.02 Å². The summed E-state index contributed by atoms with van der Waals surface area (Å²) in [6.07, 6.45) is -5.94. The summed E-state index contributed by atoms with van der Waals surface area (Å²) < 4.78 is 41.8. The van der Waals surface area contributed by atoms with Gasteiger partial charge in [-0.1, -0.05) is 48.0 Å². The van der Waals surface area contributed by atoms with Crippen LogP contribution in [0.1, 0.15) is 17.2 Å². The summed E-state index contributed by atoms with van der Waals surface area (Å²) in [4.78, 5) is 34.2. The lowest BCUT2D eigenvalue weighted by molar-refractivity contribution is -0.274. The molecule has 3 aromatic rings. The monoisotopic (exact) mass is 502 g/mol. The number of carbonyl (C=O) groups is 2. The van der Waals surface area contributed by atoms with E-state index in [1.54, 1.807) is 55.5 Å². The minimum Gasteiger partial charge on any atom is -0.406 e.